The van der Waals surface area contributed by atoms with Crippen LogP contribution in [0, 0.1) is 0 Å². The maximum Gasteiger partial charge on any atom is 0.191 e. The quantitative estimate of drug-likeness (QED) is 0.459. The molecule has 6 heteroatoms. The van der Waals surface area contributed by atoms with Crippen LogP contribution in [0.15, 0.2) is 47.6 Å². The molecule has 2 N–H and O–H groups in total. The van der Waals surface area contributed by atoms with Crippen molar-refractivity contribution in [2.75, 3.05) is 20.2 Å². The zero-order chi connectivity index (χ0) is 17.2. The summed E-state index contributed by atoms with van der Waals surface area (Å²) in [7, 11) is 1.69. The molecule has 0 aliphatic rings. The lowest BCUT2D eigenvalue weighted by molar-refractivity contribution is 0.409. The smallest absolute Gasteiger partial charge is 0.191 e. The summed E-state index contributed by atoms with van der Waals surface area (Å²) >= 11 is 5.79. The summed E-state index contributed by atoms with van der Waals surface area (Å²) in [6.45, 7) is 4.17. The second kappa shape index (κ2) is 9.78. The van der Waals surface area contributed by atoms with Crippen LogP contribution in [-0.2, 0) is 13.0 Å². The number of benzene rings is 1. The van der Waals surface area contributed by atoms with Crippen molar-refractivity contribution in [3.8, 4) is 5.75 Å². The molecule has 0 atom stereocenters. The highest BCUT2D eigenvalue weighted by Gasteiger charge is 2.03. The van der Waals surface area contributed by atoms with E-state index >= 15 is 0 Å². The number of hydrogen-bond acceptors (Lipinski definition) is 3. The Morgan fingerprint density at radius 3 is 2.75 bits per heavy atom. The first-order chi connectivity index (χ1) is 11.7. The average molecular weight is 347 g/mol. The molecule has 128 valence electrons. The normalized spacial score (nSPS) is 11.2. The molecule has 24 heavy (non-hydrogen) atoms. The Hall–Kier alpha value is -2.27. The topological polar surface area (TPSA) is 58.5 Å². The minimum atomic E-state index is 0.490. The highest BCUT2D eigenvalue weighted by atomic mass is 35.5. The predicted molar refractivity (Wildman–Crippen MR) is 98.8 cm³/mol. The van der Waals surface area contributed by atoms with E-state index in [2.05, 4.69) is 26.7 Å². The maximum absolute atomic E-state index is 5.79. The molecule has 0 aliphatic heterocycles. The number of aliphatic imine (C=N–C) groups is 1. The van der Waals surface area contributed by atoms with Gasteiger partial charge < -0.3 is 15.4 Å². The van der Waals surface area contributed by atoms with Gasteiger partial charge in [-0.15, -0.1) is 0 Å². The van der Waals surface area contributed by atoms with Gasteiger partial charge in [-0.1, -0.05) is 35.9 Å². The van der Waals surface area contributed by atoms with Crippen molar-refractivity contribution >= 4 is 17.6 Å². The number of hydrogen-bond donors (Lipinski definition) is 2. The third-order valence-corrected chi connectivity index (χ3v) is 3.66. The van der Waals surface area contributed by atoms with Gasteiger partial charge >= 0.3 is 0 Å². The number of ether oxygens (including phenoxy) is 1. The minimum absolute atomic E-state index is 0.490. The van der Waals surface area contributed by atoms with E-state index in [1.165, 1.54) is 5.56 Å². The average Bonchev–Trinajstić information content (AvgIpc) is 2.61. The lowest BCUT2D eigenvalue weighted by atomic mass is 10.1. The Labute approximate surface area is 148 Å². The van der Waals surface area contributed by atoms with Crippen LogP contribution < -0.4 is 15.4 Å². The maximum atomic E-state index is 5.79. The lowest BCUT2D eigenvalue weighted by Crippen LogP contribution is -2.38. The highest BCUT2D eigenvalue weighted by Crippen LogP contribution is 2.17. The van der Waals surface area contributed by atoms with Gasteiger partial charge in [0.25, 0.3) is 0 Å². The van der Waals surface area contributed by atoms with Gasteiger partial charge in [-0.3, -0.25) is 0 Å². The van der Waals surface area contributed by atoms with Gasteiger partial charge in [-0.25, -0.2) is 9.98 Å². The molecule has 1 heterocycles. The van der Waals surface area contributed by atoms with Crippen LogP contribution in [0.2, 0.25) is 5.15 Å². The van der Waals surface area contributed by atoms with Crippen molar-refractivity contribution in [3.05, 3.63) is 58.9 Å². The minimum Gasteiger partial charge on any atom is -0.496 e. The second-order valence-corrected chi connectivity index (χ2v) is 5.56. The van der Waals surface area contributed by atoms with E-state index in [4.69, 9.17) is 16.3 Å². The first kappa shape index (κ1) is 18.1. The zero-order valence-electron chi connectivity index (χ0n) is 14.1. The van der Waals surface area contributed by atoms with E-state index in [0.29, 0.717) is 11.7 Å². The molecule has 0 spiro atoms. The van der Waals surface area contributed by atoms with Gasteiger partial charge in [0, 0.05) is 19.3 Å². The molecule has 0 amide bonds. The fourth-order valence-corrected chi connectivity index (χ4v) is 2.35. The molecule has 0 saturated carbocycles. The standard InChI is InChI=1S/C18H23ClN4O/c1-3-20-18(23-13-14-8-9-17(19)22-12-14)21-11-10-15-6-4-5-7-16(15)24-2/h4-9,12H,3,10-11,13H2,1-2H3,(H2,20,21,23). The van der Waals surface area contributed by atoms with Gasteiger partial charge in [0.1, 0.15) is 10.9 Å². The van der Waals surface area contributed by atoms with Crippen molar-refractivity contribution in [1.29, 1.82) is 0 Å². The Bertz CT molecular complexity index is 658. The summed E-state index contributed by atoms with van der Waals surface area (Å²) < 4.78 is 5.37. The predicted octanol–water partition coefficient (Wildman–Crippen LogP) is 3.04. The third-order valence-electron chi connectivity index (χ3n) is 3.43. The number of halogens is 1. The van der Waals surface area contributed by atoms with E-state index in [1.807, 2.05) is 31.2 Å². The van der Waals surface area contributed by atoms with Crippen molar-refractivity contribution in [2.45, 2.75) is 19.9 Å². The second-order valence-electron chi connectivity index (χ2n) is 5.17. The molecular weight excluding hydrogens is 324 g/mol. The molecule has 0 saturated heterocycles. The van der Waals surface area contributed by atoms with E-state index in [0.717, 1.165) is 36.8 Å². The number of methoxy groups -OCH3 is 1. The molecule has 0 bridgehead atoms. The lowest BCUT2D eigenvalue weighted by Gasteiger charge is -2.12. The first-order valence-corrected chi connectivity index (χ1v) is 8.35. The summed E-state index contributed by atoms with van der Waals surface area (Å²) in [5, 5.41) is 7.07. The number of nitrogens with one attached hydrogen (secondary N) is 2. The molecular formula is C18H23ClN4O. The summed E-state index contributed by atoms with van der Waals surface area (Å²) in [6, 6.07) is 11.7. The van der Waals surface area contributed by atoms with Crippen LogP contribution >= 0.6 is 11.6 Å². The van der Waals surface area contributed by atoms with E-state index in [-0.39, 0.29) is 0 Å². The van der Waals surface area contributed by atoms with E-state index < -0.39 is 0 Å². The molecule has 0 unspecified atom stereocenters. The first-order valence-electron chi connectivity index (χ1n) is 7.97. The number of rotatable bonds is 7. The van der Waals surface area contributed by atoms with Crippen LogP contribution in [0.3, 0.4) is 0 Å². The fraction of sp³-hybridized carbons (Fsp3) is 0.333. The van der Waals surface area contributed by atoms with Gasteiger partial charge in [-0.2, -0.15) is 0 Å². The highest BCUT2D eigenvalue weighted by molar-refractivity contribution is 6.29. The van der Waals surface area contributed by atoms with E-state index in [9.17, 15) is 0 Å². The monoisotopic (exact) mass is 346 g/mol. The van der Waals surface area contributed by atoms with Crippen molar-refractivity contribution in [1.82, 2.24) is 15.6 Å². The Morgan fingerprint density at radius 2 is 2.04 bits per heavy atom. The fourth-order valence-electron chi connectivity index (χ4n) is 2.24. The molecule has 0 radical (unpaired) electrons. The van der Waals surface area contributed by atoms with Gasteiger partial charge in [0.2, 0.25) is 0 Å². The molecule has 0 fully saturated rings. The summed E-state index contributed by atoms with van der Waals surface area (Å²) in [6.07, 6.45) is 2.60. The van der Waals surface area contributed by atoms with Gasteiger partial charge in [-0.05, 0) is 36.6 Å². The van der Waals surface area contributed by atoms with Crippen molar-refractivity contribution < 1.29 is 4.74 Å². The van der Waals surface area contributed by atoms with Crippen LogP contribution in [0.25, 0.3) is 0 Å². The Kier molecular flexibility index (Phi) is 7.36. The van der Waals surface area contributed by atoms with E-state index in [1.54, 1.807) is 19.4 Å². The largest absolute Gasteiger partial charge is 0.496 e. The summed E-state index contributed by atoms with van der Waals surface area (Å²) in [4.78, 5) is 8.63. The third kappa shape index (κ3) is 5.74. The van der Waals surface area contributed by atoms with Crippen LogP contribution in [0.4, 0.5) is 0 Å². The van der Waals surface area contributed by atoms with Crippen molar-refractivity contribution in [2.24, 2.45) is 4.99 Å². The van der Waals surface area contributed by atoms with Crippen LogP contribution in [0.1, 0.15) is 18.1 Å². The summed E-state index contributed by atoms with van der Waals surface area (Å²) in [5.74, 6) is 1.69. The molecule has 2 aromatic rings. The van der Waals surface area contributed by atoms with Gasteiger partial charge in [0.15, 0.2) is 5.96 Å². The molecule has 5 nitrogen and oxygen atoms in total. The number of nitrogens with zero attached hydrogens (tertiary/aromatic N) is 2. The molecule has 0 aliphatic carbocycles. The van der Waals surface area contributed by atoms with Crippen LogP contribution in [0.5, 0.6) is 5.75 Å². The molecule has 2 rings (SSSR count). The SMILES string of the molecule is CCNC(=NCc1ccc(Cl)nc1)NCCc1ccccc1OC. The number of aromatic nitrogens is 1. The summed E-state index contributed by atoms with van der Waals surface area (Å²) in [5.41, 5.74) is 2.19. The molecule has 1 aromatic carbocycles. The number of para-hydroxylation sites is 1. The van der Waals surface area contributed by atoms with Gasteiger partial charge in [0.05, 0.1) is 13.7 Å². The van der Waals surface area contributed by atoms with Crippen LogP contribution in [-0.4, -0.2) is 31.1 Å². The zero-order valence-corrected chi connectivity index (χ0v) is 14.8. The Balaban J connectivity index is 1.90. The van der Waals surface area contributed by atoms with Crippen molar-refractivity contribution in [3.63, 3.8) is 0 Å². The number of pyridine rings is 1. The number of guanidine groups is 1. The Morgan fingerprint density at radius 1 is 1.21 bits per heavy atom. The molecule has 1 aromatic heterocycles.